The number of amides is 4. The Bertz CT molecular complexity index is 822. The SMILES string of the molecule is CC(OC(=O)CCN1C(=O)NC2(CCCCC2)C1=O)C(=O)Nc1cccc(F)c1. The second kappa shape index (κ2) is 8.59. The molecule has 1 aromatic rings. The van der Waals surface area contributed by atoms with Crippen molar-refractivity contribution in [3.05, 3.63) is 30.1 Å². The molecule has 8 nitrogen and oxygen atoms in total. The van der Waals surface area contributed by atoms with Gasteiger partial charge in [-0.1, -0.05) is 25.3 Å². The molecule has 1 saturated heterocycles. The number of carbonyl (C=O) groups is 4. The van der Waals surface area contributed by atoms with E-state index in [0.717, 1.165) is 30.2 Å². The Labute approximate surface area is 167 Å². The normalized spacial score (nSPS) is 19.0. The van der Waals surface area contributed by atoms with Crippen molar-refractivity contribution in [1.29, 1.82) is 0 Å². The fourth-order valence-corrected chi connectivity index (χ4v) is 3.70. The Morgan fingerprint density at radius 1 is 1.28 bits per heavy atom. The Morgan fingerprint density at radius 2 is 2.00 bits per heavy atom. The van der Waals surface area contributed by atoms with Gasteiger partial charge in [-0.15, -0.1) is 0 Å². The first kappa shape index (κ1) is 20.8. The maximum atomic E-state index is 13.2. The number of nitrogens with one attached hydrogen (secondary N) is 2. The summed E-state index contributed by atoms with van der Waals surface area (Å²) >= 11 is 0. The largest absolute Gasteiger partial charge is 0.452 e. The van der Waals surface area contributed by atoms with Crippen molar-refractivity contribution >= 4 is 29.5 Å². The molecular formula is C20H24FN3O5. The van der Waals surface area contributed by atoms with Crippen LogP contribution >= 0.6 is 0 Å². The number of rotatable bonds is 6. The molecule has 2 fully saturated rings. The summed E-state index contributed by atoms with van der Waals surface area (Å²) in [6.45, 7) is 1.28. The van der Waals surface area contributed by atoms with Crippen LogP contribution < -0.4 is 10.6 Å². The lowest BCUT2D eigenvalue weighted by Crippen LogP contribution is -2.48. The summed E-state index contributed by atoms with van der Waals surface area (Å²) in [6.07, 6.45) is 2.67. The molecule has 1 atom stereocenters. The van der Waals surface area contributed by atoms with Crippen LogP contribution in [0.25, 0.3) is 0 Å². The molecule has 1 aromatic carbocycles. The fourth-order valence-electron chi connectivity index (χ4n) is 3.70. The first-order valence-electron chi connectivity index (χ1n) is 9.71. The third-order valence-corrected chi connectivity index (χ3v) is 5.26. The van der Waals surface area contributed by atoms with Gasteiger partial charge < -0.3 is 15.4 Å². The van der Waals surface area contributed by atoms with Gasteiger partial charge in [0.05, 0.1) is 6.42 Å². The number of hydrogen-bond donors (Lipinski definition) is 2. The topological polar surface area (TPSA) is 105 Å². The van der Waals surface area contributed by atoms with E-state index < -0.39 is 35.4 Å². The summed E-state index contributed by atoms with van der Waals surface area (Å²) in [7, 11) is 0. The Morgan fingerprint density at radius 3 is 2.69 bits per heavy atom. The zero-order valence-corrected chi connectivity index (χ0v) is 16.2. The molecule has 29 heavy (non-hydrogen) atoms. The molecule has 2 aliphatic rings. The third kappa shape index (κ3) is 4.72. The van der Waals surface area contributed by atoms with Crippen LogP contribution in [0, 0.1) is 5.82 Å². The first-order chi connectivity index (χ1) is 13.8. The van der Waals surface area contributed by atoms with E-state index in [1.165, 1.54) is 25.1 Å². The molecule has 2 N–H and O–H groups in total. The maximum absolute atomic E-state index is 13.2. The molecule has 1 unspecified atom stereocenters. The number of halogens is 1. The number of nitrogens with zero attached hydrogens (tertiary/aromatic N) is 1. The third-order valence-electron chi connectivity index (χ3n) is 5.26. The van der Waals surface area contributed by atoms with Crippen molar-refractivity contribution in [3.63, 3.8) is 0 Å². The molecule has 4 amide bonds. The summed E-state index contributed by atoms with van der Waals surface area (Å²) in [4.78, 5) is 50.0. The van der Waals surface area contributed by atoms with Crippen LogP contribution in [-0.4, -0.2) is 46.9 Å². The lowest BCUT2D eigenvalue weighted by Gasteiger charge is -2.30. The van der Waals surface area contributed by atoms with Gasteiger partial charge in [-0.25, -0.2) is 9.18 Å². The van der Waals surface area contributed by atoms with Crippen molar-refractivity contribution < 1.29 is 28.3 Å². The molecule has 1 aliphatic heterocycles. The quantitative estimate of drug-likeness (QED) is 0.558. The number of ether oxygens (including phenoxy) is 1. The van der Waals surface area contributed by atoms with Gasteiger partial charge >= 0.3 is 12.0 Å². The van der Waals surface area contributed by atoms with Gasteiger partial charge in [0, 0.05) is 12.2 Å². The number of esters is 1. The van der Waals surface area contributed by atoms with Gasteiger partial charge in [0.2, 0.25) is 0 Å². The highest BCUT2D eigenvalue weighted by Crippen LogP contribution is 2.33. The van der Waals surface area contributed by atoms with E-state index in [1.807, 2.05) is 0 Å². The van der Waals surface area contributed by atoms with Gasteiger partial charge in [0.15, 0.2) is 6.10 Å². The molecule has 0 bridgehead atoms. The molecule has 9 heteroatoms. The van der Waals surface area contributed by atoms with Crippen molar-refractivity contribution in [2.24, 2.45) is 0 Å². The van der Waals surface area contributed by atoms with Gasteiger partial charge in [0.25, 0.3) is 11.8 Å². The smallest absolute Gasteiger partial charge is 0.325 e. The second-order valence-corrected chi connectivity index (χ2v) is 7.41. The van der Waals surface area contributed by atoms with Gasteiger partial charge in [-0.2, -0.15) is 0 Å². The van der Waals surface area contributed by atoms with E-state index in [9.17, 15) is 23.6 Å². The van der Waals surface area contributed by atoms with Crippen LogP contribution in [0.3, 0.4) is 0 Å². The van der Waals surface area contributed by atoms with Crippen LogP contribution in [0.4, 0.5) is 14.9 Å². The zero-order chi connectivity index (χ0) is 21.0. The zero-order valence-electron chi connectivity index (χ0n) is 16.2. The van der Waals surface area contributed by atoms with Crippen LogP contribution in [0.1, 0.15) is 45.4 Å². The van der Waals surface area contributed by atoms with E-state index in [1.54, 1.807) is 0 Å². The Balaban J connectivity index is 1.48. The van der Waals surface area contributed by atoms with Gasteiger partial charge in [-0.3, -0.25) is 19.3 Å². The summed E-state index contributed by atoms with van der Waals surface area (Å²) in [5, 5.41) is 5.23. The Hall–Kier alpha value is -2.97. The molecule has 0 radical (unpaired) electrons. The Kier molecular flexibility index (Phi) is 6.14. The summed E-state index contributed by atoms with van der Waals surface area (Å²) < 4.78 is 18.2. The number of anilines is 1. The van der Waals surface area contributed by atoms with Gasteiger partial charge in [-0.05, 0) is 38.0 Å². The number of carbonyl (C=O) groups excluding carboxylic acids is 4. The lowest BCUT2D eigenvalue weighted by molar-refractivity contribution is -0.153. The highest BCUT2D eigenvalue weighted by Gasteiger charge is 2.51. The monoisotopic (exact) mass is 405 g/mol. The van der Waals surface area contributed by atoms with Crippen LogP contribution in [0.5, 0.6) is 0 Å². The van der Waals surface area contributed by atoms with Crippen LogP contribution in [0.2, 0.25) is 0 Å². The van der Waals surface area contributed by atoms with Crippen molar-refractivity contribution in [2.45, 2.75) is 57.1 Å². The fraction of sp³-hybridized carbons (Fsp3) is 0.500. The molecular weight excluding hydrogens is 381 g/mol. The first-order valence-corrected chi connectivity index (χ1v) is 9.71. The van der Waals surface area contributed by atoms with Crippen LogP contribution in [0.15, 0.2) is 24.3 Å². The van der Waals surface area contributed by atoms with Gasteiger partial charge in [0.1, 0.15) is 11.4 Å². The molecule has 0 aromatic heterocycles. The minimum Gasteiger partial charge on any atom is -0.452 e. The summed E-state index contributed by atoms with van der Waals surface area (Å²) in [5.74, 6) is -2.12. The number of benzene rings is 1. The summed E-state index contributed by atoms with van der Waals surface area (Å²) in [5.41, 5.74) is -0.591. The second-order valence-electron chi connectivity index (χ2n) is 7.41. The minimum absolute atomic E-state index is 0.108. The van der Waals surface area contributed by atoms with Crippen molar-refractivity contribution in [2.75, 3.05) is 11.9 Å². The minimum atomic E-state index is -1.11. The van der Waals surface area contributed by atoms with Crippen molar-refractivity contribution in [3.8, 4) is 0 Å². The molecule has 1 aliphatic carbocycles. The molecule has 1 saturated carbocycles. The standard InChI is InChI=1S/C20H24FN3O5/c1-13(17(26)22-15-7-5-6-14(21)12-15)29-16(25)8-11-24-18(27)20(23-19(24)28)9-3-2-4-10-20/h5-7,12-13H,2-4,8-11H2,1H3,(H,22,26)(H,23,28). The maximum Gasteiger partial charge on any atom is 0.325 e. The predicted octanol–water partition coefficient (Wildman–Crippen LogP) is 2.34. The average Bonchev–Trinajstić information content (AvgIpc) is 2.90. The van der Waals surface area contributed by atoms with Crippen LogP contribution in [-0.2, 0) is 19.1 Å². The highest BCUT2D eigenvalue weighted by molar-refractivity contribution is 6.07. The van der Waals surface area contributed by atoms with E-state index in [-0.39, 0.29) is 24.6 Å². The molecule has 1 spiro atoms. The van der Waals surface area contributed by atoms with E-state index in [0.29, 0.717) is 12.8 Å². The van der Waals surface area contributed by atoms with E-state index in [4.69, 9.17) is 4.74 Å². The summed E-state index contributed by atoms with van der Waals surface area (Å²) in [6, 6.07) is 4.84. The molecule has 3 rings (SSSR count). The number of imide groups is 1. The molecule has 156 valence electrons. The highest BCUT2D eigenvalue weighted by atomic mass is 19.1. The lowest BCUT2D eigenvalue weighted by atomic mass is 9.82. The number of urea groups is 1. The molecule has 1 heterocycles. The predicted molar refractivity (Wildman–Crippen MR) is 101 cm³/mol. The number of hydrogen-bond acceptors (Lipinski definition) is 5. The van der Waals surface area contributed by atoms with E-state index in [2.05, 4.69) is 10.6 Å². The van der Waals surface area contributed by atoms with Crippen molar-refractivity contribution in [1.82, 2.24) is 10.2 Å². The average molecular weight is 405 g/mol. The van der Waals surface area contributed by atoms with E-state index >= 15 is 0 Å².